The van der Waals surface area contributed by atoms with Gasteiger partial charge in [0.1, 0.15) is 0 Å². The zero-order valence-corrected chi connectivity index (χ0v) is 19.1. The molecule has 5 heteroatoms. The average molecular weight is 432 g/mol. The highest BCUT2D eigenvalue weighted by Crippen LogP contribution is 2.37. The SMILES string of the molecule is Cc1cccc(N2CCN(C(=O)c3ccc(N4CCCc5ccccc54)s3)CC2)c1C. The largest absolute Gasteiger partial charge is 0.368 e. The lowest BCUT2D eigenvalue weighted by molar-refractivity contribution is 0.0751. The Bertz CT molecular complexity index is 1100. The molecule has 0 radical (unpaired) electrons. The summed E-state index contributed by atoms with van der Waals surface area (Å²) < 4.78 is 0. The number of aryl methyl sites for hydroxylation is 2. The summed E-state index contributed by atoms with van der Waals surface area (Å²) in [6.07, 6.45) is 2.28. The zero-order chi connectivity index (χ0) is 21.4. The predicted octanol–water partition coefficient (Wildman–Crippen LogP) is 5.41. The lowest BCUT2D eigenvalue weighted by Gasteiger charge is -2.37. The van der Waals surface area contributed by atoms with E-state index in [1.807, 2.05) is 11.0 Å². The van der Waals surface area contributed by atoms with Crippen molar-refractivity contribution in [3.05, 3.63) is 76.2 Å². The van der Waals surface area contributed by atoms with Crippen LogP contribution in [0.2, 0.25) is 0 Å². The third-order valence-corrected chi connectivity index (χ3v) is 7.76. The summed E-state index contributed by atoms with van der Waals surface area (Å²) in [7, 11) is 0. The number of benzene rings is 2. The molecule has 3 aromatic rings. The smallest absolute Gasteiger partial charge is 0.264 e. The second kappa shape index (κ2) is 8.39. The van der Waals surface area contributed by atoms with Gasteiger partial charge in [0.15, 0.2) is 0 Å². The van der Waals surface area contributed by atoms with Gasteiger partial charge < -0.3 is 14.7 Å². The second-order valence-corrected chi connectivity index (χ2v) is 9.58. The van der Waals surface area contributed by atoms with Crippen LogP contribution in [0.4, 0.5) is 16.4 Å². The minimum Gasteiger partial charge on any atom is -0.368 e. The Morgan fingerprint density at radius 1 is 0.839 bits per heavy atom. The zero-order valence-electron chi connectivity index (χ0n) is 18.3. The number of para-hydroxylation sites is 1. The van der Waals surface area contributed by atoms with E-state index in [1.165, 1.54) is 33.1 Å². The molecule has 31 heavy (non-hydrogen) atoms. The van der Waals surface area contributed by atoms with Crippen LogP contribution in [0.1, 0.15) is 32.8 Å². The fourth-order valence-electron chi connectivity index (χ4n) is 4.73. The highest BCUT2D eigenvalue weighted by molar-refractivity contribution is 7.18. The van der Waals surface area contributed by atoms with Gasteiger partial charge in [0.25, 0.3) is 5.91 Å². The number of carbonyl (C=O) groups is 1. The molecule has 0 N–H and O–H groups in total. The molecule has 2 aliphatic heterocycles. The van der Waals surface area contributed by atoms with E-state index >= 15 is 0 Å². The third-order valence-electron chi connectivity index (χ3n) is 6.66. The van der Waals surface area contributed by atoms with E-state index in [2.05, 4.69) is 72.2 Å². The molecule has 1 saturated heterocycles. The Labute approximate surface area is 188 Å². The molecule has 160 valence electrons. The minimum atomic E-state index is 0.169. The molecule has 2 aromatic carbocycles. The van der Waals surface area contributed by atoms with Gasteiger partial charge >= 0.3 is 0 Å². The molecule has 5 rings (SSSR count). The minimum absolute atomic E-state index is 0.169. The van der Waals surface area contributed by atoms with Crippen molar-refractivity contribution >= 4 is 33.6 Å². The number of anilines is 3. The normalized spacial score (nSPS) is 16.4. The monoisotopic (exact) mass is 431 g/mol. The first-order valence-electron chi connectivity index (χ1n) is 11.2. The van der Waals surface area contributed by atoms with E-state index in [0.717, 1.165) is 50.4 Å². The number of hydrogen-bond acceptors (Lipinski definition) is 4. The van der Waals surface area contributed by atoms with Crippen LogP contribution in [0.25, 0.3) is 0 Å². The molecule has 0 saturated carbocycles. The molecule has 2 aliphatic rings. The van der Waals surface area contributed by atoms with Crippen molar-refractivity contribution in [2.24, 2.45) is 0 Å². The van der Waals surface area contributed by atoms with Crippen LogP contribution in [-0.2, 0) is 6.42 Å². The van der Waals surface area contributed by atoms with Crippen molar-refractivity contribution in [1.29, 1.82) is 0 Å². The van der Waals surface area contributed by atoms with Crippen LogP contribution < -0.4 is 9.80 Å². The van der Waals surface area contributed by atoms with E-state index in [1.54, 1.807) is 11.3 Å². The van der Waals surface area contributed by atoms with Crippen molar-refractivity contribution in [1.82, 2.24) is 4.90 Å². The number of piperazine rings is 1. The number of rotatable bonds is 3. The lowest BCUT2D eigenvalue weighted by atomic mass is 10.0. The molecule has 0 unspecified atom stereocenters. The second-order valence-electron chi connectivity index (χ2n) is 8.52. The van der Waals surface area contributed by atoms with Crippen LogP contribution in [0.5, 0.6) is 0 Å². The van der Waals surface area contributed by atoms with Crippen LogP contribution in [0.3, 0.4) is 0 Å². The quantitative estimate of drug-likeness (QED) is 0.555. The summed E-state index contributed by atoms with van der Waals surface area (Å²) in [4.78, 5) is 20.9. The fourth-order valence-corrected chi connectivity index (χ4v) is 5.75. The van der Waals surface area contributed by atoms with Crippen molar-refractivity contribution in [2.45, 2.75) is 26.7 Å². The van der Waals surface area contributed by atoms with Crippen molar-refractivity contribution < 1.29 is 4.79 Å². The van der Waals surface area contributed by atoms with Gasteiger partial charge in [0, 0.05) is 44.1 Å². The number of hydrogen-bond donors (Lipinski definition) is 0. The van der Waals surface area contributed by atoms with Gasteiger partial charge in [-0.15, -0.1) is 11.3 Å². The topological polar surface area (TPSA) is 26.8 Å². The number of carbonyl (C=O) groups excluding carboxylic acids is 1. The molecular formula is C26H29N3OS. The first kappa shape index (κ1) is 20.1. The van der Waals surface area contributed by atoms with E-state index in [-0.39, 0.29) is 5.91 Å². The molecule has 1 fully saturated rings. The maximum Gasteiger partial charge on any atom is 0.264 e. The number of amides is 1. The van der Waals surface area contributed by atoms with E-state index in [0.29, 0.717) is 0 Å². The van der Waals surface area contributed by atoms with Crippen molar-refractivity contribution in [3.63, 3.8) is 0 Å². The standard InChI is InChI=1S/C26H29N3OS/c1-19-7-5-11-22(20(19)2)27-15-17-28(18-16-27)26(30)24-12-13-25(31-24)29-14-6-9-21-8-3-4-10-23(21)29/h3-5,7-8,10-13H,6,9,14-18H2,1-2H3. The first-order valence-corrected chi connectivity index (χ1v) is 12.0. The number of thiophene rings is 1. The molecular weight excluding hydrogens is 402 g/mol. The van der Waals surface area contributed by atoms with Gasteiger partial charge in [-0.25, -0.2) is 0 Å². The van der Waals surface area contributed by atoms with Gasteiger partial charge in [0.05, 0.1) is 9.88 Å². The van der Waals surface area contributed by atoms with Gasteiger partial charge in [-0.1, -0.05) is 30.3 Å². The van der Waals surface area contributed by atoms with E-state index < -0.39 is 0 Å². The van der Waals surface area contributed by atoms with E-state index in [9.17, 15) is 4.79 Å². The Morgan fingerprint density at radius 3 is 2.45 bits per heavy atom. The Hall–Kier alpha value is -2.79. The fraction of sp³-hybridized carbons (Fsp3) is 0.346. The summed E-state index contributed by atoms with van der Waals surface area (Å²) in [5.74, 6) is 0.169. The molecule has 1 aromatic heterocycles. The van der Waals surface area contributed by atoms with Gasteiger partial charge in [-0.05, 0) is 67.6 Å². The molecule has 4 nitrogen and oxygen atoms in total. The van der Waals surface area contributed by atoms with Crippen LogP contribution in [-0.4, -0.2) is 43.5 Å². The maximum atomic E-state index is 13.2. The highest BCUT2D eigenvalue weighted by atomic mass is 32.1. The average Bonchev–Trinajstić information content (AvgIpc) is 3.30. The summed E-state index contributed by atoms with van der Waals surface area (Å²) in [6.45, 7) is 8.67. The lowest BCUT2D eigenvalue weighted by Crippen LogP contribution is -2.48. The Balaban J connectivity index is 1.27. The van der Waals surface area contributed by atoms with Crippen LogP contribution in [0.15, 0.2) is 54.6 Å². The third kappa shape index (κ3) is 3.83. The molecule has 1 amide bonds. The van der Waals surface area contributed by atoms with Crippen molar-refractivity contribution in [3.8, 4) is 0 Å². The molecule has 0 aliphatic carbocycles. The Kier molecular flexibility index (Phi) is 5.45. The molecule has 0 atom stereocenters. The van der Waals surface area contributed by atoms with Crippen molar-refractivity contribution in [2.75, 3.05) is 42.5 Å². The van der Waals surface area contributed by atoms with Crippen LogP contribution >= 0.6 is 11.3 Å². The van der Waals surface area contributed by atoms with Gasteiger partial charge in [-0.3, -0.25) is 4.79 Å². The van der Waals surface area contributed by atoms with Gasteiger partial charge in [0.2, 0.25) is 0 Å². The predicted molar refractivity (Wildman–Crippen MR) is 130 cm³/mol. The number of fused-ring (bicyclic) bond motifs is 1. The summed E-state index contributed by atoms with van der Waals surface area (Å²) in [5.41, 5.74) is 6.65. The first-order chi connectivity index (χ1) is 15.1. The summed E-state index contributed by atoms with van der Waals surface area (Å²) in [5, 5.41) is 1.17. The molecule has 3 heterocycles. The summed E-state index contributed by atoms with van der Waals surface area (Å²) in [6, 6.07) is 19.2. The van der Waals surface area contributed by atoms with E-state index in [4.69, 9.17) is 0 Å². The Morgan fingerprint density at radius 2 is 1.61 bits per heavy atom. The van der Waals surface area contributed by atoms with Crippen LogP contribution in [0, 0.1) is 13.8 Å². The van der Waals surface area contributed by atoms with Gasteiger partial charge in [-0.2, -0.15) is 0 Å². The molecule has 0 spiro atoms. The maximum absolute atomic E-state index is 13.2. The summed E-state index contributed by atoms with van der Waals surface area (Å²) >= 11 is 1.63. The molecule has 0 bridgehead atoms. The highest BCUT2D eigenvalue weighted by Gasteiger charge is 2.26. The number of nitrogens with zero attached hydrogens (tertiary/aromatic N) is 3.